The summed E-state index contributed by atoms with van der Waals surface area (Å²) in [5.41, 5.74) is 7.64. The molecule has 3 aromatic rings. The van der Waals surface area contributed by atoms with Crippen molar-refractivity contribution in [2.24, 2.45) is 5.73 Å². The number of aromatic nitrogens is 5. The van der Waals surface area contributed by atoms with Crippen molar-refractivity contribution < 1.29 is 4.79 Å². The van der Waals surface area contributed by atoms with E-state index in [0.717, 1.165) is 17.8 Å². The van der Waals surface area contributed by atoms with Gasteiger partial charge in [-0.15, -0.1) is 0 Å². The molecule has 7 nitrogen and oxygen atoms in total. The lowest BCUT2D eigenvalue weighted by molar-refractivity contribution is -0.117. The molecule has 0 radical (unpaired) electrons. The second kappa shape index (κ2) is 7.29. The first-order valence-electron chi connectivity index (χ1n) is 8.33. The van der Waals surface area contributed by atoms with Crippen LogP contribution in [0.2, 0.25) is 0 Å². The fourth-order valence-electron chi connectivity index (χ4n) is 2.82. The Hall–Kier alpha value is -2.96. The summed E-state index contributed by atoms with van der Waals surface area (Å²) in [5.74, 6) is 0.786. The number of primary amides is 1. The molecule has 7 heteroatoms. The number of hydrogen-bond donors (Lipinski definition) is 1. The maximum Gasteiger partial charge on any atom is 0.225 e. The lowest BCUT2D eigenvalue weighted by atomic mass is 10.1. The Balaban J connectivity index is 1.98. The third-order valence-electron chi connectivity index (χ3n) is 4.06. The normalized spacial score (nSPS) is 12.2. The molecule has 1 atom stereocenters. The van der Waals surface area contributed by atoms with Crippen LogP contribution in [0.3, 0.4) is 0 Å². The molecule has 130 valence electrons. The minimum absolute atomic E-state index is 0.0312. The molecule has 2 aromatic heterocycles. The molecule has 0 aliphatic heterocycles. The van der Waals surface area contributed by atoms with E-state index in [-0.39, 0.29) is 12.5 Å². The van der Waals surface area contributed by atoms with Crippen LogP contribution in [0.1, 0.15) is 42.2 Å². The highest BCUT2D eigenvalue weighted by Gasteiger charge is 2.21. The summed E-state index contributed by atoms with van der Waals surface area (Å²) < 4.78 is 3.71. The zero-order valence-electron chi connectivity index (χ0n) is 14.5. The first-order chi connectivity index (χ1) is 12.1. The summed E-state index contributed by atoms with van der Waals surface area (Å²) in [6.07, 6.45) is 4.49. The van der Waals surface area contributed by atoms with E-state index in [1.54, 1.807) is 6.20 Å². The number of carbonyl (C=O) groups excluding carboxylic acids is 1. The van der Waals surface area contributed by atoms with Crippen LogP contribution in [0.4, 0.5) is 0 Å². The number of nitrogens with two attached hydrogens (primary N) is 1. The van der Waals surface area contributed by atoms with Crippen LogP contribution in [0.5, 0.6) is 0 Å². The van der Waals surface area contributed by atoms with E-state index in [1.807, 2.05) is 21.6 Å². The number of hydrogen-bond acceptors (Lipinski definition) is 4. The van der Waals surface area contributed by atoms with Gasteiger partial charge in [-0.3, -0.25) is 9.48 Å². The fourth-order valence-corrected chi connectivity index (χ4v) is 2.82. The van der Waals surface area contributed by atoms with Gasteiger partial charge in [-0.05, 0) is 25.0 Å². The summed E-state index contributed by atoms with van der Waals surface area (Å²) in [4.78, 5) is 15.8. The SMILES string of the molecule is CC[C@@H](c1nc(CC(N)=O)nn1Cc1ccc(C)cc1)n1cccn1. The van der Waals surface area contributed by atoms with E-state index in [0.29, 0.717) is 12.4 Å². The fraction of sp³-hybridized carbons (Fsp3) is 0.333. The summed E-state index contributed by atoms with van der Waals surface area (Å²) in [5, 5.41) is 8.85. The molecule has 3 rings (SSSR count). The predicted octanol–water partition coefficient (Wildman–Crippen LogP) is 1.86. The van der Waals surface area contributed by atoms with Crippen molar-refractivity contribution in [1.29, 1.82) is 0 Å². The summed E-state index contributed by atoms with van der Waals surface area (Å²) in [7, 11) is 0. The van der Waals surface area contributed by atoms with Crippen LogP contribution >= 0.6 is 0 Å². The molecular weight excluding hydrogens is 316 g/mol. The first kappa shape index (κ1) is 16.9. The van der Waals surface area contributed by atoms with Gasteiger partial charge in [-0.1, -0.05) is 36.8 Å². The maximum atomic E-state index is 11.3. The smallest absolute Gasteiger partial charge is 0.225 e. The summed E-state index contributed by atoms with van der Waals surface area (Å²) >= 11 is 0. The molecule has 0 aliphatic carbocycles. The zero-order chi connectivity index (χ0) is 17.8. The van der Waals surface area contributed by atoms with Crippen LogP contribution < -0.4 is 5.73 Å². The lowest BCUT2D eigenvalue weighted by Crippen LogP contribution is -2.17. The molecule has 25 heavy (non-hydrogen) atoms. The molecule has 0 bridgehead atoms. The van der Waals surface area contributed by atoms with Crippen molar-refractivity contribution in [3.05, 3.63) is 65.5 Å². The predicted molar refractivity (Wildman–Crippen MR) is 93.9 cm³/mol. The zero-order valence-corrected chi connectivity index (χ0v) is 14.5. The molecule has 0 aliphatic rings. The average molecular weight is 338 g/mol. The average Bonchev–Trinajstić information content (AvgIpc) is 3.21. The van der Waals surface area contributed by atoms with Crippen molar-refractivity contribution in [3.63, 3.8) is 0 Å². The molecule has 0 saturated carbocycles. The highest BCUT2D eigenvalue weighted by molar-refractivity contribution is 5.75. The third-order valence-corrected chi connectivity index (χ3v) is 4.06. The van der Waals surface area contributed by atoms with Gasteiger partial charge < -0.3 is 5.73 Å². The number of rotatable bonds is 7. The van der Waals surface area contributed by atoms with Gasteiger partial charge >= 0.3 is 0 Å². The Morgan fingerprint density at radius 3 is 2.64 bits per heavy atom. The van der Waals surface area contributed by atoms with Gasteiger partial charge in [0.1, 0.15) is 6.04 Å². The molecule has 0 unspecified atom stereocenters. The maximum absolute atomic E-state index is 11.3. The summed E-state index contributed by atoms with van der Waals surface area (Å²) in [6.45, 7) is 4.71. The molecule has 1 aromatic carbocycles. The number of amides is 1. The van der Waals surface area contributed by atoms with Crippen molar-refractivity contribution in [1.82, 2.24) is 24.5 Å². The lowest BCUT2D eigenvalue weighted by Gasteiger charge is -2.16. The molecular formula is C18H22N6O. The van der Waals surface area contributed by atoms with Gasteiger partial charge in [-0.2, -0.15) is 10.2 Å². The molecule has 0 fully saturated rings. The quantitative estimate of drug-likeness (QED) is 0.712. The van der Waals surface area contributed by atoms with Gasteiger partial charge in [-0.25, -0.2) is 9.67 Å². The van der Waals surface area contributed by atoms with Crippen LogP contribution in [-0.2, 0) is 17.8 Å². The minimum atomic E-state index is -0.439. The number of aryl methyl sites for hydroxylation is 1. The highest BCUT2D eigenvalue weighted by atomic mass is 16.1. The Morgan fingerprint density at radius 2 is 2.04 bits per heavy atom. The summed E-state index contributed by atoms with van der Waals surface area (Å²) in [6, 6.07) is 10.1. The van der Waals surface area contributed by atoms with Crippen LogP contribution in [0.15, 0.2) is 42.7 Å². The molecule has 1 amide bonds. The van der Waals surface area contributed by atoms with Gasteiger partial charge in [0.25, 0.3) is 0 Å². The second-order valence-corrected chi connectivity index (χ2v) is 6.08. The standard InChI is InChI=1S/C18H22N6O/c1-3-15(23-10-4-9-20-23)18-21-17(11-16(19)25)22-24(18)12-14-7-5-13(2)6-8-14/h4-10,15H,3,11-12H2,1-2H3,(H2,19,25)/t15-/m0/s1. The van der Waals surface area contributed by atoms with Gasteiger partial charge in [0, 0.05) is 12.4 Å². The van der Waals surface area contributed by atoms with E-state index in [2.05, 4.69) is 53.3 Å². The largest absolute Gasteiger partial charge is 0.369 e. The topological polar surface area (TPSA) is 91.6 Å². The monoisotopic (exact) mass is 338 g/mol. The van der Waals surface area contributed by atoms with Crippen LogP contribution in [-0.4, -0.2) is 30.5 Å². The second-order valence-electron chi connectivity index (χ2n) is 6.08. The van der Waals surface area contributed by atoms with Crippen LogP contribution in [0.25, 0.3) is 0 Å². The highest BCUT2D eigenvalue weighted by Crippen LogP contribution is 2.21. The molecule has 2 N–H and O–H groups in total. The molecule has 2 heterocycles. The Labute approximate surface area is 146 Å². The third kappa shape index (κ3) is 3.93. The number of benzene rings is 1. The van der Waals surface area contributed by atoms with E-state index in [4.69, 9.17) is 5.73 Å². The Bertz CT molecular complexity index is 835. The van der Waals surface area contributed by atoms with Crippen molar-refractivity contribution >= 4 is 5.91 Å². The number of nitrogens with zero attached hydrogens (tertiary/aromatic N) is 5. The van der Waals surface area contributed by atoms with E-state index < -0.39 is 5.91 Å². The van der Waals surface area contributed by atoms with Crippen molar-refractivity contribution in [2.45, 2.75) is 39.3 Å². The van der Waals surface area contributed by atoms with Gasteiger partial charge in [0.2, 0.25) is 5.91 Å². The van der Waals surface area contributed by atoms with Crippen molar-refractivity contribution in [3.8, 4) is 0 Å². The van der Waals surface area contributed by atoms with Crippen molar-refractivity contribution in [2.75, 3.05) is 0 Å². The molecule has 0 saturated heterocycles. The van der Waals surface area contributed by atoms with E-state index >= 15 is 0 Å². The Morgan fingerprint density at radius 1 is 1.28 bits per heavy atom. The van der Waals surface area contributed by atoms with Crippen LogP contribution in [0, 0.1) is 6.92 Å². The van der Waals surface area contributed by atoms with Gasteiger partial charge in [0.15, 0.2) is 11.6 Å². The first-order valence-corrected chi connectivity index (χ1v) is 8.33. The number of carbonyl (C=O) groups is 1. The Kier molecular flexibility index (Phi) is 4.92. The van der Waals surface area contributed by atoms with Gasteiger partial charge in [0.05, 0.1) is 13.0 Å². The van der Waals surface area contributed by atoms with E-state index in [9.17, 15) is 4.79 Å². The minimum Gasteiger partial charge on any atom is -0.369 e. The van der Waals surface area contributed by atoms with E-state index in [1.165, 1.54) is 5.56 Å². The molecule has 0 spiro atoms.